The van der Waals surface area contributed by atoms with Crippen molar-refractivity contribution >= 4 is 29.6 Å². The molecule has 0 radical (unpaired) electrons. The summed E-state index contributed by atoms with van der Waals surface area (Å²) in [5, 5.41) is 12.9. The zero-order chi connectivity index (χ0) is 22.4. The van der Waals surface area contributed by atoms with Crippen molar-refractivity contribution in [3.8, 4) is 0 Å². The number of aryl methyl sites for hydroxylation is 1. The number of nitrogens with one attached hydrogen (secondary N) is 1. The second-order valence-corrected chi connectivity index (χ2v) is 9.39. The van der Waals surface area contributed by atoms with Crippen LogP contribution in [0.5, 0.6) is 0 Å². The molecule has 7 nitrogen and oxygen atoms in total. The minimum atomic E-state index is -0.953. The van der Waals surface area contributed by atoms with Crippen LogP contribution in [0.15, 0.2) is 30.3 Å². The molecule has 2 aliphatic rings. The Labute approximate surface area is 187 Å². The molecule has 31 heavy (non-hydrogen) atoms. The van der Waals surface area contributed by atoms with Crippen molar-refractivity contribution < 1.29 is 24.2 Å². The van der Waals surface area contributed by atoms with Crippen LogP contribution in [0.25, 0.3) is 0 Å². The fourth-order valence-electron chi connectivity index (χ4n) is 4.58. The van der Waals surface area contributed by atoms with Gasteiger partial charge in [-0.15, -0.1) is 0 Å². The highest BCUT2D eigenvalue weighted by Gasteiger charge is 2.48. The number of esters is 1. The quantitative estimate of drug-likeness (QED) is 0.560. The lowest BCUT2D eigenvalue weighted by Crippen LogP contribution is -2.56. The van der Waals surface area contributed by atoms with Gasteiger partial charge in [0.05, 0.1) is 12.6 Å². The Balaban J connectivity index is 1.70. The smallest absolute Gasteiger partial charge is 0.326 e. The zero-order valence-electron chi connectivity index (χ0n) is 18.2. The van der Waals surface area contributed by atoms with Crippen LogP contribution < -0.4 is 5.32 Å². The van der Waals surface area contributed by atoms with Gasteiger partial charge in [-0.1, -0.05) is 30.3 Å². The molecular weight excluding hydrogens is 416 g/mol. The molecule has 5 atom stereocenters. The molecule has 3 unspecified atom stereocenters. The maximum absolute atomic E-state index is 13.3. The summed E-state index contributed by atoms with van der Waals surface area (Å²) in [6.45, 7) is 3.72. The van der Waals surface area contributed by atoms with Crippen molar-refractivity contribution in [2.45, 2.75) is 63.7 Å². The van der Waals surface area contributed by atoms with Gasteiger partial charge in [0, 0.05) is 11.8 Å². The number of thioether (sulfide) groups is 1. The van der Waals surface area contributed by atoms with Gasteiger partial charge in [0.2, 0.25) is 5.91 Å². The van der Waals surface area contributed by atoms with E-state index in [4.69, 9.17) is 4.74 Å². The van der Waals surface area contributed by atoms with Crippen molar-refractivity contribution in [3.63, 3.8) is 0 Å². The first-order valence-corrected chi connectivity index (χ1v) is 12.2. The summed E-state index contributed by atoms with van der Waals surface area (Å²) in [4.78, 5) is 39.3. The number of benzene rings is 1. The molecule has 0 aromatic heterocycles. The summed E-state index contributed by atoms with van der Waals surface area (Å²) >= 11 is 1.77. The average Bonchev–Trinajstić information content (AvgIpc) is 3.16. The summed E-state index contributed by atoms with van der Waals surface area (Å²) in [5.41, 5.74) is 1.10. The Hall–Kier alpha value is -2.06. The molecule has 2 N–H and O–H groups in total. The molecular formula is C23H32N2O5S. The number of amides is 1. The summed E-state index contributed by atoms with van der Waals surface area (Å²) in [6, 6.07) is 7.67. The minimum Gasteiger partial charge on any atom is -0.480 e. The summed E-state index contributed by atoms with van der Waals surface area (Å²) in [7, 11) is 0. The minimum absolute atomic E-state index is 0.0537. The lowest BCUT2D eigenvalue weighted by molar-refractivity contribution is -0.151. The molecule has 0 aliphatic carbocycles. The lowest BCUT2D eigenvalue weighted by atomic mass is 9.97. The van der Waals surface area contributed by atoms with Crippen molar-refractivity contribution in [3.05, 3.63) is 35.9 Å². The van der Waals surface area contributed by atoms with Gasteiger partial charge >= 0.3 is 11.9 Å². The Morgan fingerprint density at radius 2 is 2.03 bits per heavy atom. The molecule has 2 fully saturated rings. The van der Waals surface area contributed by atoms with Gasteiger partial charge in [0.15, 0.2) is 0 Å². The van der Waals surface area contributed by atoms with Gasteiger partial charge < -0.3 is 14.7 Å². The number of ether oxygens (including phenoxy) is 1. The Morgan fingerprint density at radius 1 is 1.29 bits per heavy atom. The molecule has 3 rings (SSSR count). The number of carboxylic acids is 1. The largest absolute Gasteiger partial charge is 0.480 e. The third-order valence-electron chi connectivity index (χ3n) is 6.18. The van der Waals surface area contributed by atoms with Crippen molar-refractivity contribution in [1.82, 2.24) is 10.2 Å². The van der Waals surface area contributed by atoms with Crippen LogP contribution in [0, 0.1) is 5.92 Å². The number of hydrogen-bond donors (Lipinski definition) is 2. The van der Waals surface area contributed by atoms with E-state index >= 15 is 0 Å². The lowest BCUT2D eigenvalue weighted by Gasteiger charge is -2.35. The van der Waals surface area contributed by atoms with Crippen LogP contribution in [-0.2, 0) is 25.5 Å². The van der Waals surface area contributed by atoms with Gasteiger partial charge in [-0.05, 0) is 56.8 Å². The molecule has 0 saturated carbocycles. The summed E-state index contributed by atoms with van der Waals surface area (Å²) in [5.74, 6) is 0.413. The molecule has 2 aliphatic heterocycles. The third-order valence-corrected chi connectivity index (χ3v) is 7.28. The van der Waals surface area contributed by atoms with E-state index in [1.165, 1.54) is 0 Å². The monoisotopic (exact) mass is 448 g/mol. The summed E-state index contributed by atoms with van der Waals surface area (Å²) < 4.78 is 5.22. The van der Waals surface area contributed by atoms with Gasteiger partial charge in [-0.3, -0.25) is 14.9 Å². The molecule has 2 saturated heterocycles. The highest BCUT2D eigenvalue weighted by Crippen LogP contribution is 2.39. The molecule has 0 bridgehead atoms. The number of rotatable bonds is 9. The van der Waals surface area contributed by atoms with Gasteiger partial charge in [0.1, 0.15) is 12.1 Å². The maximum Gasteiger partial charge on any atom is 0.326 e. The molecule has 8 heteroatoms. The number of carboxylic acid groups (broad SMARTS) is 1. The third kappa shape index (κ3) is 5.80. The first-order chi connectivity index (χ1) is 14.9. The Morgan fingerprint density at radius 3 is 2.71 bits per heavy atom. The fraction of sp³-hybridized carbons (Fsp3) is 0.609. The van der Waals surface area contributed by atoms with E-state index in [0.717, 1.165) is 23.5 Å². The fourth-order valence-corrected chi connectivity index (χ4v) is 5.89. The van der Waals surface area contributed by atoms with Crippen LogP contribution in [-0.4, -0.2) is 70.1 Å². The first-order valence-electron chi connectivity index (χ1n) is 11.0. The predicted octanol–water partition coefficient (Wildman–Crippen LogP) is 2.34. The van der Waals surface area contributed by atoms with Crippen LogP contribution in [0.2, 0.25) is 0 Å². The van der Waals surface area contributed by atoms with E-state index in [1.807, 2.05) is 30.3 Å². The van der Waals surface area contributed by atoms with Gasteiger partial charge in [-0.2, -0.15) is 11.8 Å². The molecule has 1 aromatic carbocycles. The molecule has 1 aromatic rings. The van der Waals surface area contributed by atoms with E-state index < -0.39 is 24.1 Å². The van der Waals surface area contributed by atoms with Crippen molar-refractivity contribution in [1.29, 1.82) is 0 Å². The average molecular weight is 449 g/mol. The number of hydrogen-bond acceptors (Lipinski definition) is 6. The maximum atomic E-state index is 13.3. The van der Waals surface area contributed by atoms with Gasteiger partial charge in [-0.25, -0.2) is 4.79 Å². The van der Waals surface area contributed by atoms with Crippen molar-refractivity contribution in [2.75, 3.05) is 18.1 Å². The Bertz CT molecular complexity index is 774. The van der Waals surface area contributed by atoms with E-state index in [0.29, 0.717) is 19.3 Å². The van der Waals surface area contributed by atoms with E-state index in [-0.39, 0.29) is 30.4 Å². The van der Waals surface area contributed by atoms with E-state index in [1.54, 1.807) is 30.5 Å². The molecule has 2 heterocycles. The second kappa shape index (κ2) is 11.0. The van der Waals surface area contributed by atoms with E-state index in [9.17, 15) is 19.5 Å². The van der Waals surface area contributed by atoms with Crippen LogP contribution in [0.4, 0.5) is 0 Å². The zero-order valence-corrected chi connectivity index (χ0v) is 19.0. The second-order valence-electron chi connectivity index (χ2n) is 8.24. The highest BCUT2D eigenvalue weighted by atomic mass is 32.2. The molecule has 170 valence electrons. The van der Waals surface area contributed by atoms with E-state index in [2.05, 4.69) is 5.32 Å². The SMILES string of the molecule is CCOC(=O)C(CCc1ccccc1)N[C@@H](C)C(=O)N1C2CSCCC2C[C@H]1C(=O)O. The normalized spacial score (nSPS) is 24.8. The standard InChI is InChI=1S/C23H32N2O5S/c1-3-30-23(29)18(10-9-16-7-5-4-6-8-16)24-15(2)21(26)25-19(22(27)28)13-17-11-12-31-14-20(17)25/h4-8,15,17-20,24H,3,9-14H2,1-2H3,(H,27,28)/t15-,17?,18?,19-,20?/m0/s1. The predicted molar refractivity (Wildman–Crippen MR) is 120 cm³/mol. The Kier molecular flexibility index (Phi) is 8.37. The number of carbonyl (C=O) groups excluding carboxylic acids is 2. The first kappa shape index (κ1) is 23.6. The number of fused-ring (bicyclic) bond motifs is 1. The summed E-state index contributed by atoms with van der Waals surface area (Å²) in [6.07, 6.45) is 2.60. The van der Waals surface area contributed by atoms with Gasteiger partial charge in [0.25, 0.3) is 0 Å². The topological polar surface area (TPSA) is 95.9 Å². The number of carbonyl (C=O) groups is 3. The van der Waals surface area contributed by atoms with Crippen LogP contribution in [0.1, 0.15) is 38.7 Å². The highest BCUT2D eigenvalue weighted by molar-refractivity contribution is 7.99. The number of nitrogens with zero attached hydrogens (tertiary/aromatic N) is 1. The van der Waals surface area contributed by atoms with Crippen molar-refractivity contribution in [2.24, 2.45) is 5.92 Å². The molecule has 0 spiro atoms. The number of likely N-dealkylation sites (tertiary alicyclic amines) is 1. The number of aliphatic carboxylic acids is 1. The van der Waals surface area contributed by atoms with Crippen LogP contribution in [0.3, 0.4) is 0 Å². The molecule has 1 amide bonds. The van der Waals surface area contributed by atoms with Crippen LogP contribution >= 0.6 is 11.8 Å².